The number of hydrogen-bond donors (Lipinski definition) is 2. The molecule has 2 atom stereocenters. The minimum atomic E-state index is -0.954. The van der Waals surface area contributed by atoms with E-state index in [4.69, 9.17) is 17.0 Å². The average molecular weight is 499 g/mol. The standard InChI is InChI=1S/C28H26N4O3S/c1-17-14-23(18(2)31(17)20-9-6-8-19(15-20)27(33)34)26-25(24-12-4-5-13-29-24)30-28(36)32(26)21-10-7-11-22(16-21)35-3/h4-16,25-26H,1-3H3,(H,30,36)(H,33,34)/t25-,26+/m1/s1. The molecule has 2 N–H and O–H groups in total. The Hall–Kier alpha value is -4.17. The molecule has 1 aliphatic rings. The van der Waals surface area contributed by atoms with E-state index in [0.717, 1.165) is 39.8 Å². The number of pyridine rings is 1. The minimum absolute atomic E-state index is 0.191. The van der Waals surface area contributed by atoms with Gasteiger partial charge in [-0.1, -0.05) is 18.2 Å². The van der Waals surface area contributed by atoms with Crippen LogP contribution in [0.25, 0.3) is 5.69 Å². The SMILES string of the molecule is COc1cccc(N2C(=S)N[C@H](c3ccccn3)[C@@H]2c2cc(C)n(-c3cccc(C(=O)O)c3)c2C)c1. The van der Waals surface area contributed by atoms with Gasteiger partial charge in [0.25, 0.3) is 0 Å². The third kappa shape index (κ3) is 4.09. The molecule has 0 aliphatic carbocycles. The molecule has 0 bridgehead atoms. The van der Waals surface area contributed by atoms with Gasteiger partial charge in [-0.2, -0.15) is 0 Å². The van der Waals surface area contributed by atoms with Crippen molar-refractivity contribution in [2.75, 3.05) is 12.0 Å². The fraction of sp³-hybridized carbons (Fsp3) is 0.179. The second-order valence-electron chi connectivity index (χ2n) is 8.72. The third-order valence-electron chi connectivity index (χ3n) is 6.57. The lowest BCUT2D eigenvalue weighted by molar-refractivity contribution is 0.0697. The Morgan fingerprint density at radius 1 is 1.03 bits per heavy atom. The van der Waals surface area contributed by atoms with Gasteiger partial charge in [-0.25, -0.2) is 4.79 Å². The largest absolute Gasteiger partial charge is 0.497 e. The van der Waals surface area contributed by atoms with E-state index in [1.807, 2.05) is 55.5 Å². The van der Waals surface area contributed by atoms with Crippen molar-refractivity contribution in [3.05, 3.63) is 107 Å². The highest BCUT2D eigenvalue weighted by Gasteiger charge is 2.42. The molecule has 0 unspecified atom stereocenters. The van der Waals surface area contributed by atoms with Gasteiger partial charge in [0, 0.05) is 35.0 Å². The summed E-state index contributed by atoms with van der Waals surface area (Å²) in [5.74, 6) is -0.212. The lowest BCUT2D eigenvalue weighted by Gasteiger charge is -2.28. The molecule has 182 valence electrons. The van der Waals surface area contributed by atoms with E-state index in [-0.39, 0.29) is 17.6 Å². The summed E-state index contributed by atoms with van der Waals surface area (Å²) in [5.41, 5.74) is 5.90. The second kappa shape index (κ2) is 9.47. The number of carboxylic acid groups (broad SMARTS) is 1. The van der Waals surface area contributed by atoms with Crippen LogP contribution in [-0.4, -0.2) is 32.8 Å². The fourth-order valence-electron chi connectivity index (χ4n) is 4.97. The Kier molecular flexibility index (Phi) is 6.20. The summed E-state index contributed by atoms with van der Waals surface area (Å²) in [5, 5.41) is 13.6. The van der Waals surface area contributed by atoms with Crippen LogP contribution in [0.15, 0.2) is 79.0 Å². The second-order valence-corrected chi connectivity index (χ2v) is 9.10. The van der Waals surface area contributed by atoms with Crippen LogP contribution in [0.1, 0.15) is 45.1 Å². The number of aromatic carboxylic acids is 1. The first-order valence-corrected chi connectivity index (χ1v) is 12.0. The normalized spacial score (nSPS) is 17.2. The number of ether oxygens (including phenoxy) is 1. The van der Waals surface area contributed by atoms with Crippen LogP contribution in [0.3, 0.4) is 0 Å². The van der Waals surface area contributed by atoms with E-state index >= 15 is 0 Å². The van der Waals surface area contributed by atoms with Gasteiger partial charge in [0.2, 0.25) is 0 Å². The summed E-state index contributed by atoms with van der Waals surface area (Å²) in [6, 6.07) is 22.4. The number of rotatable bonds is 6. The highest BCUT2D eigenvalue weighted by atomic mass is 32.1. The molecule has 3 heterocycles. The van der Waals surface area contributed by atoms with Crippen molar-refractivity contribution in [2.45, 2.75) is 25.9 Å². The van der Waals surface area contributed by atoms with E-state index in [1.165, 1.54) is 0 Å². The summed E-state index contributed by atoms with van der Waals surface area (Å²) in [4.78, 5) is 18.3. The molecule has 7 nitrogen and oxygen atoms in total. The minimum Gasteiger partial charge on any atom is -0.497 e. The van der Waals surface area contributed by atoms with Crippen molar-refractivity contribution in [1.82, 2.24) is 14.9 Å². The molecule has 1 fully saturated rings. The first-order chi connectivity index (χ1) is 17.4. The van der Waals surface area contributed by atoms with Gasteiger partial charge in [-0.15, -0.1) is 0 Å². The lowest BCUT2D eigenvalue weighted by atomic mass is 9.96. The zero-order valence-corrected chi connectivity index (χ0v) is 21.0. The molecule has 36 heavy (non-hydrogen) atoms. The van der Waals surface area contributed by atoms with E-state index in [2.05, 4.69) is 32.8 Å². The van der Waals surface area contributed by atoms with E-state index in [0.29, 0.717) is 5.11 Å². The predicted molar refractivity (Wildman–Crippen MR) is 143 cm³/mol. The molecular formula is C28H26N4O3S. The fourth-order valence-corrected chi connectivity index (χ4v) is 5.32. The lowest BCUT2D eigenvalue weighted by Crippen LogP contribution is -2.29. The average Bonchev–Trinajstić information content (AvgIpc) is 3.39. The van der Waals surface area contributed by atoms with Gasteiger partial charge in [-0.3, -0.25) is 4.98 Å². The molecule has 4 aromatic rings. The van der Waals surface area contributed by atoms with Crippen LogP contribution in [0.4, 0.5) is 5.69 Å². The number of methoxy groups -OCH3 is 1. The Morgan fingerprint density at radius 2 is 1.81 bits per heavy atom. The van der Waals surface area contributed by atoms with Crippen LogP contribution in [0, 0.1) is 13.8 Å². The maximum Gasteiger partial charge on any atom is 0.335 e. The topological polar surface area (TPSA) is 79.6 Å². The van der Waals surface area contributed by atoms with Crippen molar-refractivity contribution in [3.8, 4) is 11.4 Å². The number of anilines is 1. The van der Waals surface area contributed by atoms with Crippen molar-refractivity contribution in [2.24, 2.45) is 0 Å². The Balaban J connectivity index is 1.68. The van der Waals surface area contributed by atoms with Crippen molar-refractivity contribution in [1.29, 1.82) is 0 Å². The van der Waals surface area contributed by atoms with Gasteiger partial charge in [0.1, 0.15) is 5.75 Å². The van der Waals surface area contributed by atoms with Crippen molar-refractivity contribution < 1.29 is 14.6 Å². The molecular weight excluding hydrogens is 472 g/mol. The summed E-state index contributed by atoms with van der Waals surface area (Å²) in [6.07, 6.45) is 1.78. The number of carbonyl (C=O) groups is 1. The number of benzene rings is 2. The predicted octanol–water partition coefficient (Wildman–Crippen LogP) is 5.37. The van der Waals surface area contributed by atoms with Crippen LogP contribution in [-0.2, 0) is 0 Å². The summed E-state index contributed by atoms with van der Waals surface area (Å²) in [7, 11) is 1.65. The number of aryl methyl sites for hydroxylation is 1. The Morgan fingerprint density at radius 3 is 2.53 bits per heavy atom. The number of nitrogens with one attached hydrogen (secondary N) is 1. The number of carboxylic acids is 1. The third-order valence-corrected chi connectivity index (χ3v) is 6.88. The molecule has 2 aromatic carbocycles. The maximum atomic E-state index is 11.6. The molecule has 0 radical (unpaired) electrons. The zero-order valence-electron chi connectivity index (χ0n) is 20.2. The Labute approximate surface area is 215 Å². The number of hydrogen-bond acceptors (Lipinski definition) is 4. The Bertz CT molecular complexity index is 1450. The van der Waals surface area contributed by atoms with Crippen molar-refractivity contribution >= 4 is 29.0 Å². The monoisotopic (exact) mass is 498 g/mol. The van der Waals surface area contributed by atoms with Gasteiger partial charge < -0.3 is 24.6 Å². The maximum absolute atomic E-state index is 11.6. The highest BCUT2D eigenvalue weighted by Crippen LogP contribution is 2.44. The van der Waals surface area contributed by atoms with Gasteiger partial charge in [-0.05, 0) is 80.2 Å². The van der Waals surface area contributed by atoms with Gasteiger partial charge in [0.05, 0.1) is 30.5 Å². The smallest absolute Gasteiger partial charge is 0.335 e. The molecule has 2 aromatic heterocycles. The summed E-state index contributed by atoms with van der Waals surface area (Å²) in [6.45, 7) is 4.08. The molecule has 1 saturated heterocycles. The first kappa shape index (κ1) is 23.6. The first-order valence-electron chi connectivity index (χ1n) is 11.6. The van der Waals surface area contributed by atoms with Crippen LogP contribution in [0.5, 0.6) is 5.75 Å². The molecule has 8 heteroatoms. The van der Waals surface area contributed by atoms with Crippen LogP contribution >= 0.6 is 12.2 Å². The molecule has 1 aliphatic heterocycles. The highest BCUT2D eigenvalue weighted by molar-refractivity contribution is 7.80. The van der Waals surface area contributed by atoms with E-state index in [9.17, 15) is 9.90 Å². The van der Waals surface area contributed by atoms with Crippen molar-refractivity contribution in [3.63, 3.8) is 0 Å². The number of nitrogens with zero attached hydrogens (tertiary/aromatic N) is 3. The summed E-state index contributed by atoms with van der Waals surface area (Å²) < 4.78 is 7.57. The van der Waals surface area contributed by atoms with Gasteiger partial charge in [0.15, 0.2) is 5.11 Å². The molecule has 0 spiro atoms. The number of aromatic nitrogens is 2. The quantitative estimate of drug-likeness (QED) is 0.346. The van der Waals surface area contributed by atoms with Gasteiger partial charge >= 0.3 is 5.97 Å². The van der Waals surface area contributed by atoms with Crippen LogP contribution in [0.2, 0.25) is 0 Å². The van der Waals surface area contributed by atoms with E-state index in [1.54, 1.807) is 31.5 Å². The zero-order chi connectivity index (χ0) is 25.4. The number of thiocarbonyl (C=S) groups is 1. The molecule has 0 saturated carbocycles. The molecule has 0 amide bonds. The molecule has 5 rings (SSSR count). The summed E-state index contributed by atoms with van der Waals surface area (Å²) >= 11 is 5.85. The van der Waals surface area contributed by atoms with E-state index < -0.39 is 5.97 Å². The van der Waals surface area contributed by atoms with Crippen LogP contribution < -0.4 is 15.0 Å².